The van der Waals surface area contributed by atoms with Gasteiger partial charge in [0.05, 0.1) is 16.7 Å². The number of para-hydroxylation sites is 1. The second-order valence-corrected chi connectivity index (χ2v) is 7.69. The van der Waals surface area contributed by atoms with Crippen molar-refractivity contribution >= 4 is 16.7 Å². The maximum atomic E-state index is 11.1. The molecule has 0 bridgehead atoms. The summed E-state index contributed by atoms with van der Waals surface area (Å²) in [7, 11) is 0. The predicted octanol–water partition coefficient (Wildman–Crippen LogP) is 3.79. The SMILES string of the molecule is CC[C@]1(O)CCC[C@H]2CN(c3nc4ccccc4c(C)c3C#N)C[C@H]21. The first-order valence-corrected chi connectivity index (χ1v) is 9.34. The number of hydrogen-bond donors (Lipinski definition) is 1. The Balaban J connectivity index is 1.77. The largest absolute Gasteiger partial charge is 0.390 e. The molecule has 1 aliphatic carbocycles. The molecule has 3 atom stereocenters. The number of fused-ring (bicyclic) bond motifs is 2. The molecule has 4 heteroatoms. The van der Waals surface area contributed by atoms with E-state index in [1.54, 1.807) is 0 Å². The fourth-order valence-electron chi connectivity index (χ4n) is 4.96. The first kappa shape index (κ1) is 16.4. The quantitative estimate of drug-likeness (QED) is 0.907. The predicted molar refractivity (Wildman–Crippen MR) is 99.5 cm³/mol. The van der Waals surface area contributed by atoms with E-state index in [0.29, 0.717) is 11.5 Å². The second kappa shape index (κ2) is 6.00. The topological polar surface area (TPSA) is 60.1 Å². The molecule has 1 aromatic heterocycles. The molecule has 0 spiro atoms. The Labute approximate surface area is 149 Å². The molecule has 1 aromatic carbocycles. The zero-order chi connectivity index (χ0) is 17.6. The number of hydrogen-bond acceptors (Lipinski definition) is 4. The molecule has 1 N–H and O–H groups in total. The van der Waals surface area contributed by atoms with Crippen molar-refractivity contribution in [3.63, 3.8) is 0 Å². The van der Waals surface area contributed by atoms with Crippen LogP contribution in [0.4, 0.5) is 5.82 Å². The summed E-state index contributed by atoms with van der Waals surface area (Å²) < 4.78 is 0. The molecular weight excluding hydrogens is 310 g/mol. The van der Waals surface area contributed by atoms with Gasteiger partial charge in [0.25, 0.3) is 0 Å². The van der Waals surface area contributed by atoms with Crippen LogP contribution in [-0.4, -0.2) is 28.8 Å². The van der Waals surface area contributed by atoms with Crippen LogP contribution >= 0.6 is 0 Å². The van der Waals surface area contributed by atoms with Crippen LogP contribution < -0.4 is 4.90 Å². The summed E-state index contributed by atoms with van der Waals surface area (Å²) in [5.41, 5.74) is 2.06. The van der Waals surface area contributed by atoms with Gasteiger partial charge in [-0.05, 0) is 43.7 Å². The van der Waals surface area contributed by atoms with Gasteiger partial charge in [-0.25, -0.2) is 4.98 Å². The van der Waals surface area contributed by atoms with E-state index in [-0.39, 0.29) is 5.92 Å². The Morgan fingerprint density at radius 1 is 1.36 bits per heavy atom. The van der Waals surface area contributed by atoms with Crippen LogP contribution in [0, 0.1) is 30.1 Å². The van der Waals surface area contributed by atoms with Crippen molar-refractivity contribution in [2.75, 3.05) is 18.0 Å². The summed E-state index contributed by atoms with van der Waals surface area (Å²) in [6.45, 7) is 5.79. The van der Waals surface area contributed by atoms with Gasteiger partial charge in [0, 0.05) is 24.4 Å². The average Bonchev–Trinajstić information content (AvgIpc) is 3.07. The van der Waals surface area contributed by atoms with Crippen LogP contribution in [0.2, 0.25) is 0 Å². The van der Waals surface area contributed by atoms with Crippen molar-refractivity contribution in [3.8, 4) is 6.07 Å². The molecule has 2 fully saturated rings. The van der Waals surface area contributed by atoms with Crippen LogP contribution in [0.1, 0.15) is 43.7 Å². The third-order valence-corrected chi connectivity index (χ3v) is 6.47. The molecule has 2 aliphatic rings. The molecule has 130 valence electrons. The summed E-state index contributed by atoms with van der Waals surface area (Å²) in [5.74, 6) is 1.58. The van der Waals surface area contributed by atoms with Crippen molar-refractivity contribution in [1.82, 2.24) is 4.98 Å². The van der Waals surface area contributed by atoms with Gasteiger partial charge in [0.15, 0.2) is 0 Å². The van der Waals surface area contributed by atoms with E-state index in [0.717, 1.165) is 61.1 Å². The minimum Gasteiger partial charge on any atom is -0.390 e. The number of aliphatic hydroxyl groups is 1. The van der Waals surface area contributed by atoms with E-state index in [1.807, 2.05) is 31.2 Å². The Hall–Kier alpha value is -2.12. The Kier molecular flexibility index (Phi) is 3.92. The summed E-state index contributed by atoms with van der Waals surface area (Å²) >= 11 is 0. The lowest BCUT2D eigenvalue weighted by molar-refractivity contribution is -0.0597. The lowest BCUT2D eigenvalue weighted by atomic mass is 9.69. The minimum atomic E-state index is -0.559. The Morgan fingerprint density at radius 2 is 2.16 bits per heavy atom. The number of nitrogens with zero attached hydrogens (tertiary/aromatic N) is 3. The summed E-state index contributed by atoms with van der Waals surface area (Å²) in [6.07, 6.45) is 3.96. The van der Waals surface area contributed by atoms with Crippen molar-refractivity contribution in [3.05, 3.63) is 35.4 Å². The lowest BCUT2D eigenvalue weighted by Gasteiger charge is -2.40. The molecule has 25 heavy (non-hydrogen) atoms. The van der Waals surface area contributed by atoms with Gasteiger partial charge in [-0.15, -0.1) is 0 Å². The van der Waals surface area contributed by atoms with E-state index < -0.39 is 5.60 Å². The smallest absolute Gasteiger partial charge is 0.147 e. The maximum Gasteiger partial charge on any atom is 0.147 e. The number of anilines is 1. The highest BCUT2D eigenvalue weighted by atomic mass is 16.3. The van der Waals surface area contributed by atoms with E-state index >= 15 is 0 Å². The highest BCUT2D eigenvalue weighted by molar-refractivity contribution is 5.87. The van der Waals surface area contributed by atoms with Gasteiger partial charge in [0.1, 0.15) is 11.9 Å². The van der Waals surface area contributed by atoms with Gasteiger partial charge in [-0.1, -0.05) is 31.5 Å². The van der Waals surface area contributed by atoms with Crippen LogP contribution in [0.5, 0.6) is 0 Å². The Morgan fingerprint density at radius 3 is 2.92 bits per heavy atom. The molecule has 1 saturated heterocycles. The minimum absolute atomic E-state index is 0.284. The van der Waals surface area contributed by atoms with Gasteiger partial charge in [0.2, 0.25) is 0 Å². The number of nitriles is 1. The standard InChI is InChI=1S/C21H25N3O/c1-3-21(25)10-6-7-15-12-24(13-18(15)21)20-17(11-22)14(2)16-8-4-5-9-19(16)23-20/h4-5,8-9,15,18,25H,3,6-7,10,12-13H2,1-2H3/t15-,18+,21-/m0/s1. The number of benzene rings is 1. The number of aromatic nitrogens is 1. The lowest BCUT2D eigenvalue weighted by Crippen LogP contribution is -2.44. The molecule has 4 rings (SSSR count). The first-order valence-electron chi connectivity index (χ1n) is 9.34. The summed E-state index contributed by atoms with van der Waals surface area (Å²) in [4.78, 5) is 7.09. The van der Waals surface area contributed by atoms with Crippen molar-refractivity contribution in [2.45, 2.75) is 45.1 Å². The zero-order valence-corrected chi connectivity index (χ0v) is 15.0. The first-order chi connectivity index (χ1) is 12.1. The van der Waals surface area contributed by atoms with Gasteiger partial charge >= 0.3 is 0 Å². The molecule has 1 aliphatic heterocycles. The van der Waals surface area contributed by atoms with Crippen LogP contribution in [0.15, 0.2) is 24.3 Å². The van der Waals surface area contributed by atoms with E-state index in [2.05, 4.69) is 17.9 Å². The molecule has 0 radical (unpaired) electrons. The monoisotopic (exact) mass is 335 g/mol. The third-order valence-electron chi connectivity index (χ3n) is 6.47. The van der Waals surface area contributed by atoms with Gasteiger partial charge < -0.3 is 10.0 Å². The summed E-state index contributed by atoms with van der Waals surface area (Å²) in [6, 6.07) is 10.4. The number of aryl methyl sites for hydroxylation is 1. The van der Waals surface area contributed by atoms with Crippen molar-refractivity contribution in [1.29, 1.82) is 5.26 Å². The number of pyridine rings is 1. The third kappa shape index (κ3) is 2.49. The van der Waals surface area contributed by atoms with Crippen molar-refractivity contribution in [2.24, 2.45) is 11.8 Å². The van der Waals surface area contributed by atoms with Gasteiger partial charge in [-0.2, -0.15) is 5.26 Å². The van der Waals surface area contributed by atoms with E-state index in [4.69, 9.17) is 4.98 Å². The molecule has 2 heterocycles. The van der Waals surface area contributed by atoms with E-state index in [9.17, 15) is 10.4 Å². The van der Waals surface area contributed by atoms with Crippen LogP contribution in [0.25, 0.3) is 10.9 Å². The summed E-state index contributed by atoms with van der Waals surface area (Å²) in [5, 5.41) is 21.9. The molecule has 4 nitrogen and oxygen atoms in total. The molecular formula is C21H25N3O. The zero-order valence-electron chi connectivity index (χ0n) is 15.0. The second-order valence-electron chi connectivity index (χ2n) is 7.69. The Bertz CT molecular complexity index is 856. The van der Waals surface area contributed by atoms with E-state index in [1.165, 1.54) is 0 Å². The maximum absolute atomic E-state index is 11.1. The molecule has 1 saturated carbocycles. The normalized spacial score (nSPS) is 28.8. The number of rotatable bonds is 2. The highest BCUT2D eigenvalue weighted by Crippen LogP contribution is 2.45. The van der Waals surface area contributed by atoms with Crippen LogP contribution in [0.3, 0.4) is 0 Å². The molecule has 2 aromatic rings. The van der Waals surface area contributed by atoms with Gasteiger partial charge in [-0.3, -0.25) is 0 Å². The van der Waals surface area contributed by atoms with Crippen LogP contribution in [-0.2, 0) is 0 Å². The fourth-order valence-corrected chi connectivity index (χ4v) is 4.96. The van der Waals surface area contributed by atoms with Crippen molar-refractivity contribution < 1.29 is 5.11 Å². The highest BCUT2D eigenvalue weighted by Gasteiger charge is 2.48. The average molecular weight is 335 g/mol. The molecule has 0 unspecified atom stereocenters. The molecule has 0 amide bonds. The fraction of sp³-hybridized carbons (Fsp3) is 0.524.